The molecule has 0 radical (unpaired) electrons. The fourth-order valence-corrected chi connectivity index (χ4v) is 3.80. The second-order valence-corrected chi connectivity index (χ2v) is 7.54. The van der Waals surface area contributed by atoms with Gasteiger partial charge in [-0.05, 0) is 24.4 Å². The summed E-state index contributed by atoms with van der Waals surface area (Å²) in [6.07, 6.45) is 1.36. The number of thiophene rings is 1. The lowest BCUT2D eigenvalue weighted by Gasteiger charge is -2.38. The summed E-state index contributed by atoms with van der Waals surface area (Å²) in [6.45, 7) is 7.76. The molecule has 4 rings (SSSR count). The average molecular weight is 383 g/mol. The van der Waals surface area contributed by atoms with Crippen molar-refractivity contribution in [2.24, 2.45) is 13.0 Å². The number of hydrogen-bond donors (Lipinski definition) is 2. The lowest BCUT2D eigenvalue weighted by atomic mass is 10.00. The maximum Gasteiger partial charge on any atom is 0.245 e. The summed E-state index contributed by atoms with van der Waals surface area (Å²) in [4.78, 5) is 23.5. The highest BCUT2D eigenvalue weighted by atomic mass is 32.1. The number of aryl methyl sites for hydroxylation is 2. The molecule has 27 heavy (non-hydrogen) atoms. The zero-order chi connectivity index (χ0) is 19.0. The van der Waals surface area contributed by atoms with Crippen LogP contribution >= 0.6 is 11.3 Å². The van der Waals surface area contributed by atoms with Crippen LogP contribution in [0.3, 0.4) is 0 Å². The molecule has 3 aromatic rings. The number of anilines is 3. The molecule has 0 spiro atoms. The first-order chi connectivity index (χ1) is 13.0. The van der Waals surface area contributed by atoms with Crippen LogP contribution in [0.25, 0.3) is 10.2 Å². The molecular weight excluding hydrogens is 362 g/mol. The van der Waals surface area contributed by atoms with Gasteiger partial charge < -0.3 is 15.5 Å². The third-order valence-corrected chi connectivity index (χ3v) is 5.49. The molecule has 1 aliphatic heterocycles. The van der Waals surface area contributed by atoms with Crippen LogP contribution in [-0.4, -0.2) is 50.2 Å². The Hall–Kier alpha value is -2.94. The van der Waals surface area contributed by atoms with Gasteiger partial charge in [0.25, 0.3) is 0 Å². The Kier molecular flexibility index (Phi) is 4.53. The van der Waals surface area contributed by atoms with E-state index in [1.54, 1.807) is 20.9 Å². The summed E-state index contributed by atoms with van der Waals surface area (Å²) in [5, 5.41) is 14.0. The van der Waals surface area contributed by atoms with Gasteiger partial charge in [-0.2, -0.15) is 10.1 Å². The van der Waals surface area contributed by atoms with Gasteiger partial charge in [-0.1, -0.05) is 6.58 Å². The predicted molar refractivity (Wildman–Crippen MR) is 107 cm³/mol. The van der Waals surface area contributed by atoms with Gasteiger partial charge in [-0.15, -0.1) is 11.3 Å². The lowest BCUT2D eigenvalue weighted by molar-refractivity contribution is -0.131. The van der Waals surface area contributed by atoms with Crippen LogP contribution in [0.15, 0.2) is 30.2 Å². The minimum Gasteiger partial charge on any atom is -0.369 e. The van der Waals surface area contributed by atoms with Gasteiger partial charge in [0.15, 0.2) is 5.82 Å². The van der Waals surface area contributed by atoms with Crippen LogP contribution in [0, 0.1) is 12.8 Å². The number of amides is 1. The smallest absolute Gasteiger partial charge is 0.245 e. The Balaban J connectivity index is 1.48. The van der Waals surface area contributed by atoms with Gasteiger partial charge in [0.1, 0.15) is 10.6 Å². The van der Waals surface area contributed by atoms with E-state index < -0.39 is 0 Å². The number of carbonyl (C=O) groups is 1. The molecule has 1 amide bonds. The highest BCUT2D eigenvalue weighted by Crippen LogP contribution is 2.28. The Labute approximate surface area is 160 Å². The van der Waals surface area contributed by atoms with Crippen molar-refractivity contribution in [3.05, 3.63) is 35.9 Å². The highest BCUT2D eigenvalue weighted by Gasteiger charge is 2.29. The van der Waals surface area contributed by atoms with Gasteiger partial charge in [-0.25, -0.2) is 4.98 Å². The van der Waals surface area contributed by atoms with E-state index in [4.69, 9.17) is 0 Å². The zero-order valence-corrected chi connectivity index (χ0v) is 16.1. The van der Waals surface area contributed by atoms with E-state index in [0.29, 0.717) is 11.9 Å². The number of hydrogen-bond acceptors (Lipinski definition) is 7. The lowest BCUT2D eigenvalue weighted by Crippen LogP contribution is -2.51. The van der Waals surface area contributed by atoms with Gasteiger partial charge in [0, 0.05) is 44.4 Å². The molecule has 1 aliphatic rings. The van der Waals surface area contributed by atoms with Crippen LogP contribution in [0.1, 0.15) is 5.69 Å². The molecule has 0 aromatic carbocycles. The largest absolute Gasteiger partial charge is 0.369 e. The minimum atomic E-state index is -0.00866. The molecule has 2 N–H and O–H groups in total. The van der Waals surface area contributed by atoms with Crippen molar-refractivity contribution in [3.8, 4) is 0 Å². The standard InChI is InChI=1S/C18H21N7OS/c1-4-15(26)25-9-12(10-25)8-19-16-13-5-6-27-17(13)22-18(21-16)20-14-7-11(2)24(3)23-14/h4-7,12H,1,8-10H2,2-3H3,(H2,19,20,21,22,23). The molecule has 140 valence electrons. The van der Waals surface area contributed by atoms with Crippen LogP contribution in [-0.2, 0) is 11.8 Å². The van der Waals surface area contributed by atoms with Gasteiger partial charge in [0.05, 0.1) is 5.39 Å². The summed E-state index contributed by atoms with van der Waals surface area (Å²) in [5.41, 5.74) is 1.05. The van der Waals surface area contributed by atoms with Gasteiger partial charge in [-0.3, -0.25) is 9.48 Å². The van der Waals surface area contributed by atoms with Crippen LogP contribution in [0.5, 0.6) is 0 Å². The Morgan fingerprint density at radius 3 is 2.96 bits per heavy atom. The third kappa shape index (κ3) is 3.50. The molecule has 0 saturated carbocycles. The maximum absolute atomic E-state index is 11.6. The molecule has 1 saturated heterocycles. The van der Waals surface area contributed by atoms with Crippen molar-refractivity contribution in [1.82, 2.24) is 24.6 Å². The van der Waals surface area contributed by atoms with E-state index in [9.17, 15) is 4.79 Å². The quantitative estimate of drug-likeness (QED) is 0.636. The average Bonchev–Trinajstić information content (AvgIpc) is 3.19. The van der Waals surface area contributed by atoms with Crippen LogP contribution < -0.4 is 10.6 Å². The molecular formula is C18H21N7OS. The second kappa shape index (κ2) is 6.99. The van der Waals surface area contributed by atoms with E-state index in [1.165, 1.54) is 6.08 Å². The van der Waals surface area contributed by atoms with E-state index in [0.717, 1.165) is 47.2 Å². The van der Waals surface area contributed by atoms with Gasteiger partial charge >= 0.3 is 0 Å². The SMILES string of the molecule is C=CC(=O)N1CC(CNc2nc(Nc3cc(C)n(C)n3)nc3sccc23)C1. The number of carbonyl (C=O) groups excluding carboxylic acids is 1. The molecule has 8 nitrogen and oxygen atoms in total. The molecule has 4 heterocycles. The first kappa shape index (κ1) is 17.5. The first-order valence-electron chi connectivity index (χ1n) is 8.71. The molecule has 0 atom stereocenters. The number of aromatic nitrogens is 4. The maximum atomic E-state index is 11.6. The van der Waals surface area contributed by atoms with Crippen molar-refractivity contribution < 1.29 is 4.79 Å². The number of rotatable bonds is 6. The first-order valence-corrected chi connectivity index (χ1v) is 9.59. The normalized spacial score (nSPS) is 14.2. The number of fused-ring (bicyclic) bond motifs is 1. The van der Waals surface area contributed by atoms with Crippen LogP contribution in [0.4, 0.5) is 17.6 Å². The van der Waals surface area contributed by atoms with E-state index in [-0.39, 0.29) is 5.91 Å². The second-order valence-electron chi connectivity index (χ2n) is 6.65. The molecule has 0 aliphatic carbocycles. The summed E-state index contributed by atoms with van der Waals surface area (Å²) in [7, 11) is 1.90. The van der Waals surface area contributed by atoms with E-state index in [1.807, 2.05) is 31.5 Å². The Morgan fingerprint density at radius 2 is 2.26 bits per heavy atom. The minimum absolute atomic E-state index is 0.00866. The molecule has 9 heteroatoms. The highest BCUT2D eigenvalue weighted by molar-refractivity contribution is 7.16. The van der Waals surface area contributed by atoms with Crippen molar-refractivity contribution in [2.45, 2.75) is 6.92 Å². The van der Waals surface area contributed by atoms with E-state index >= 15 is 0 Å². The fourth-order valence-electron chi connectivity index (χ4n) is 3.03. The molecule has 3 aromatic heterocycles. The number of nitrogens with one attached hydrogen (secondary N) is 2. The van der Waals surface area contributed by atoms with E-state index in [2.05, 4.69) is 32.3 Å². The molecule has 0 bridgehead atoms. The topological polar surface area (TPSA) is 88.0 Å². The Bertz CT molecular complexity index is 983. The molecule has 0 unspecified atom stereocenters. The third-order valence-electron chi connectivity index (χ3n) is 4.68. The monoisotopic (exact) mass is 383 g/mol. The molecule has 1 fully saturated rings. The Morgan fingerprint density at radius 1 is 1.44 bits per heavy atom. The zero-order valence-electron chi connectivity index (χ0n) is 15.3. The van der Waals surface area contributed by atoms with Crippen molar-refractivity contribution in [1.29, 1.82) is 0 Å². The summed E-state index contributed by atoms with van der Waals surface area (Å²) in [6, 6.07) is 3.97. The van der Waals surface area contributed by atoms with Crippen LogP contribution in [0.2, 0.25) is 0 Å². The van der Waals surface area contributed by atoms with Crippen molar-refractivity contribution in [3.63, 3.8) is 0 Å². The predicted octanol–water partition coefficient (Wildman–Crippen LogP) is 2.53. The summed E-state index contributed by atoms with van der Waals surface area (Å²) in [5.74, 6) is 2.43. The summed E-state index contributed by atoms with van der Waals surface area (Å²) >= 11 is 1.58. The summed E-state index contributed by atoms with van der Waals surface area (Å²) < 4.78 is 1.80. The number of nitrogens with zero attached hydrogens (tertiary/aromatic N) is 5. The number of likely N-dealkylation sites (tertiary alicyclic amines) is 1. The fraction of sp³-hybridized carbons (Fsp3) is 0.333. The van der Waals surface area contributed by atoms with Crippen molar-refractivity contribution >= 4 is 45.0 Å². The van der Waals surface area contributed by atoms with Gasteiger partial charge in [0.2, 0.25) is 11.9 Å². The van der Waals surface area contributed by atoms with Crippen molar-refractivity contribution in [2.75, 3.05) is 30.3 Å².